The smallest absolute Gasteiger partial charge is 0.406 e. The third kappa shape index (κ3) is 5.09. The second-order valence-electron chi connectivity index (χ2n) is 4.27. The van der Waals surface area contributed by atoms with Gasteiger partial charge in [0.1, 0.15) is 0 Å². The van der Waals surface area contributed by atoms with Gasteiger partial charge in [0.25, 0.3) is 0 Å². The van der Waals surface area contributed by atoms with Gasteiger partial charge in [-0.05, 0) is 31.2 Å². The minimum atomic E-state index is -0.393. The Labute approximate surface area is 119 Å². The number of hydrogen-bond donors (Lipinski definition) is 1. The van der Waals surface area contributed by atoms with Crippen LogP contribution in [0.25, 0.3) is 0 Å². The predicted octanol–water partition coefficient (Wildman–Crippen LogP) is 3.08. The second-order valence-corrected chi connectivity index (χ2v) is 4.71. The predicted molar refractivity (Wildman–Crippen MR) is 77.5 cm³/mol. The van der Waals surface area contributed by atoms with Gasteiger partial charge in [-0.25, -0.2) is 4.79 Å². The fourth-order valence-electron chi connectivity index (χ4n) is 1.95. The quantitative estimate of drug-likeness (QED) is 0.873. The molecule has 1 rings (SSSR count). The van der Waals surface area contributed by atoms with E-state index in [2.05, 4.69) is 28.8 Å². The van der Waals surface area contributed by atoms with E-state index in [1.165, 1.54) is 12.7 Å². The number of carbonyl (C=O) groups excluding carboxylic acids is 1. The van der Waals surface area contributed by atoms with E-state index in [9.17, 15) is 4.79 Å². The highest BCUT2D eigenvalue weighted by molar-refractivity contribution is 6.30. The number of methoxy groups -OCH3 is 1. The molecular weight excluding hydrogens is 264 g/mol. The zero-order chi connectivity index (χ0) is 14.3. The molecule has 1 aromatic carbocycles. The highest BCUT2D eigenvalue weighted by atomic mass is 35.5. The minimum Gasteiger partial charge on any atom is -0.453 e. The molecule has 0 bridgehead atoms. The van der Waals surface area contributed by atoms with Crippen LogP contribution in [-0.2, 0) is 4.74 Å². The van der Waals surface area contributed by atoms with Crippen molar-refractivity contribution in [2.24, 2.45) is 0 Å². The highest BCUT2D eigenvalue weighted by Crippen LogP contribution is 2.21. The number of ether oxygens (including phenoxy) is 1. The fraction of sp³-hybridized carbons (Fsp3) is 0.500. The summed E-state index contributed by atoms with van der Waals surface area (Å²) in [6.45, 7) is 6.50. The first-order valence-electron chi connectivity index (χ1n) is 6.39. The fourth-order valence-corrected chi connectivity index (χ4v) is 2.08. The number of likely N-dealkylation sites (N-methyl/N-ethyl adjacent to an activating group) is 1. The zero-order valence-corrected chi connectivity index (χ0v) is 12.4. The molecular formula is C14H21ClN2O2. The second kappa shape index (κ2) is 8.02. The van der Waals surface area contributed by atoms with Gasteiger partial charge in [-0.1, -0.05) is 30.7 Å². The van der Waals surface area contributed by atoms with E-state index in [0.717, 1.165) is 18.1 Å². The zero-order valence-electron chi connectivity index (χ0n) is 11.6. The number of halogens is 1. The number of carbonyl (C=O) groups is 1. The molecule has 4 nitrogen and oxygen atoms in total. The van der Waals surface area contributed by atoms with Crippen molar-refractivity contribution in [3.63, 3.8) is 0 Å². The Kier molecular flexibility index (Phi) is 6.67. The number of amides is 1. The van der Waals surface area contributed by atoms with Crippen LogP contribution in [0.5, 0.6) is 0 Å². The number of rotatable bonds is 6. The SMILES string of the molecule is CCN(CCNC(=O)OC)[C@@H](C)c1ccc(Cl)cc1. The van der Waals surface area contributed by atoms with Crippen molar-refractivity contribution in [3.8, 4) is 0 Å². The molecule has 1 amide bonds. The summed E-state index contributed by atoms with van der Waals surface area (Å²) in [6, 6.07) is 8.14. The van der Waals surface area contributed by atoms with Crippen molar-refractivity contribution in [2.75, 3.05) is 26.7 Å². The Morgan fingerprint density at radius 3 is 2.58 bits per heavy atom. The number of nitrogens with one attached hydrogen (secondary N) is 1. The van der Waals surface area contributed by atoms with E-state index in [0.29, 0.717) is 6.54 Å². The molecule has 0 aliphatic heterocycles. The number of benzene rings is 1. The van der Waals surface area contributed by atoms with Gasteiger partial charge < -0.3 is 10.1 Å². The molecule has 5 heteroatoms. The van der Waals surface area contributed by atoms with Crippen LogP contribution in [0.1, 0.15) is 25.5 Å². The van der Waals surface area contributed by atoms with Crippen LogP contribution in [0.3, 0.4) is 0 Å². The molecule has 1 atom stereocenters. The molecule has 0 radical (unpaired) electrons. The molecule has 0 saturated heterocycles. The first-order valence-corrected chi connectivity index (χ1v) is 6.77. The van der Waals surface area contributed by atoms with E-state index in [1.54, 1.807) is 0 Å². The van der Waals surface area contributed by atoms with Crippen LogP contribution in [-0.4, -0.2) is 37.7 Å². The first kappa shape index (κ1) is 15.8. The van der Waals surface area contributed by atoms with E-state index in [-0.39, 0.29) is 6.04 Å². The van der Waals surface area contributed by atoms with E-state index >= 15 is 0 Å². The molecule has 1 N–H and O–H groups in total. The Bertz CT molecular complexity index is 395. The van der Waals surface area contributed by atoms with Crippen molar-refractivity contribution in [3.05, 3.63) is 34.9 Å². The summed E-state index contributed by atoms with van der Waals surface area (Å²) in [5, 5.41) is 3.43. The van der Waals surface area contributed by atoms with Crippen LogP contribution < -0.4 is 5.32 Å². The first-order chi connectivity index (χ1) is 9.08. The van der Waals surface area contributed by atoms with Gasteiger partial charge in [0.15, 0.2) is 0 Å². The van der Waals surface area contributed by atoms with E-state index in [1.807, 2.05) is 24.3 Å². The summed E-state index contributed by atoms with van der Waals surface area (Å²) >= 11 is 5.89. The van der Waals surface area contributed by atoms with E-state index in [4.69, 9.17) is 11.6 Å². The van der Waals surface area contributed by atoms with Gasteiger partial charge in [-0.15, -0.1) is 0 Å². The average molecular weight is 285 g/mol. The maximum Gasteiger partial charge on any atom is 0.406 e. The Hall–Kier alpha value is -1.26. The lowest BCUT2D eigenvalue weighted by Crippen LogP contribution is -2.36. The summed E-state index contributed by atoms with van der Waals surface area (Å²) in [5.74, 6) is 0. The Balaban J connectivity index is 2.53. The lowest BCUT2D eigenvalue weighted by molar-refractivity contribution is 0.165. The molecule has 0 saturated carbocycles. The summed E-state index contributed by atoms with van der Waals surface area (Å²) in [7, 11) is 1.36. The van der Waals surface area contributed by atoms with Crippen molar-refractivity contribution in [1.29, 1.82) is 0 Å². The molecule has 19 heavy (non-hydrogen) atoms. The number of hydrogen-bond acceptors (Lipinski definition) is 3. The van der Waals surface area contributed by atoms with Crippen LogP contribution in [0.15, 0.2) is 24.3 Å². The summed E-state index contributed by atoms with van der Waals surface area (Å²) in [5.41, 5.74) is 1.21. The lowest BCUT2D eigenvalue weighted by atomic mass is 10.1. The summed E-state index contributed by atoms with van der Waals surface area (Å²) in [6.07, 6.45) is -0.393. The molecule has 0 aliphatic rings. The van der Waals surface area contributed by atoms with Crippen molar-refractivity contribution in [1.82, 2.24) is 10.2 Å². The minimum absolute atomic E-state index is 0.279. The van der Waals surface area contributed by atoms with Crippen molar-refractivity contribution < 1.29 is 9.53 Å². The van der Waals surface area contributed by atoms with Gasteiger partial charge in [0.05, 0.1) is 7.11 Å². The molecule has 0 aliphatic carbocycles. The van der Waals surface area contributed by atoms with Gasteiger partial charge in [-0.3, -0.25) is 4.90 Å². The van der Waals surface area contributed by atoms with Crippen LogP contribution in [0.4, 0.5) is 4.79 Å². The maximum absolute atomic E-state index is 11.0. The largest absolute Gasteiger partial charge is 0.453 e. The Morgan fingerprint density at radius 1 is 1.42 bits per heavy atom. The molecule has 106 valence electrons. The van der Waals surface area contributed by atoms with E-state index < -0.39 is 6.09 Å². The van der Waals surface area contributed by atoms with Gasteiger partial charge >= 0.3 is 6.09 Å². The summed E-state index contributed by atoms with van der Waals surface area (Å²) < 4.78 is 4.54. The van der Waals surface area contributed by atoms with Crippen LogP contribution in [0, 0.1) is 0 Å². The lowest BCUT2D eigenvalue weighted by Gasteiger charge is -2.28. The number of alkyl carbamates (subject to hydrolysis) is 1. The normalized spacial score (nSPS) is 12.3. The molecule has 0 heterocycles. The van der Waals surface area contributed by atoms with Crippen molar-refractivity contribution in [2.45, 2.75) is 19.9 Å². The van der Waals surface area contributed by atoms with Gasteiger partial charge in [0, 0.05) is 24.2 Å². The Morgan fingerprint density at radius 2 is 2.05 bits per heavy atom. The maximum atomic E-state index is 11.0. The molecule has 0 unspecified atom stereocenters. The molecule has 0 spiro atoms. The standard InChI is InChI=1S/C14H21ClN2O2/c1-4-17(10-9-16-14(18)19-3)11(2)12-5-7-13(15)8-6-12/h5-8,11H,4,9-10H2,1-3H3,(H,16,18)/t11-/m0/s1. The third-order valence-electron chi connectivity index (χ3n) is 3.16. The monoisotopic (exact) mass is 284 g/mol. The van der Waals surface area contributed by atoms with Crippen molar-refractivity contribution >= 4 is 17.7 Å². The average Bonchev–Trinajstić information content (AvgIpc) is 2.43. The molecule has 0 aromatic heterocycles. The summed E-state index contributed by atoms with van der Waals surface area (Å²) in [4.78, 5) is 13.3. The third-order valence-corrected chi connectivity index (χ3v) is 3.41. The van der Waals surface area contributed by atoms with Crippen LogP contribution >= 0.6 is 11.6 Å². The highest BCUT2D eigenvalue weighted by Gasteiger charge is 2.14. The van der Waals surface area contributed by atoms with Crippen LogP contribution in [0.2, 0.25) is 5.02 Å². The molecule has 1 aromatic rings. The molecule has 0 fully saturated rings. The van der Waals surface area contributed by atoms with Gasteiger partial charge in [-0.2, -0.15) is 0 Å². The topological polar surface area (TPSA) is 41.6 Å². The number of nitrogens with zero attached hydrogens (tertiary/aromatic N) is 1. The van der Waals surface area contributed by atoms with Gasteiger partial charge in [0.2, 0.25) is 0 Å².